The number of aromatic amines is 1. The molecule has 0 aliphatic heterocycles. The van der Waals surface area contributed by atoms with E-state index in [0.29, 0.717) is 18.2 Å². The van der Waals surface area contributed by atoms with E-state index < -0.39 is 0 Å². The number of aromatic nitrogens is 3. The number of ether oxygens (including phenoxy) is 1. The van der Waals surface area contributed by atoms with Crippen molar-refractivity contribution >= 4 is 0 Å². The van der Waals surface area contributed by atoms with Crippen molar-refractivity contribution < 1.29 is 4.74 Å². The van der Waals surface area contributed by atoms with Crippen LogP contribution in [0, 0.1) is 0 Å². The first-order valence-corrected chi connectivity index (χ1v) is 5.68. The molecule has 0 unspecified atom stereocenters. The molecule has 5 nitrogen and oxygen atoms in total. The standard InChI is InChI=1S/C12H16N4O/c1-2-7-17-10-5-3-9(4-6-10)12-14-11(8-13)15-16-12/h3-6H,2,7-8,13H2,1H3,(H,14,15,16). The number of nitrogens with zero attached hydrogens (tertiary/aromatic N) is 2. The molecule has 90 valence electrons. The zero-order valence-electron chi connectivity index (χ0n) is 9.81. The summed E-state index contributed by atoms with van der Waals surface area (Å²) in [5, 5.41) is 6.88. The lowest BCUT2D eigenvalue weighted by Gasteiger charge is -2.04. The first-order valence-electron chi connectivity index (χ1n) is 5.68. The fraction of sp³-hybridized carbons (Fsp3) is 0.333. The molecular weight excluding hydrogens is 216 g/mol. The van der Waals surface area contributed by atoms with Gasteiger partial charge in [0.15, 0.2) is 5.82 Å². The van der Waals surface area contributed by atoms with Crippen LogP contribution in [0.3, 0.4) is 0 Å². The number of nitrogens with two attached hydrogens (primary N) is 1. The van der Waals surface area contributed by atoms with Gasteiger partial charge in [0.25, 0.3) is 0 Å². The van der Waals surface area contributed by atoms with Crippen LogP contribution in [0.25, 0.3) is 11.4 Å². The van der Waals surface area contributed by atoms with E-state index in [9.17, 15) is 0 Å². The Balaban J connectivity index is 2.11. The van der Waals surface area contributed by atoms with Gasteiger partial charge < -0.3 is 10.5 Å². The van der Waals surface area contributed by atoms with Crippen LogP contribution in [-0.2, 0) is 6.54 Å². The lowest BCUT2D eigenvalue weighted by Crippen LogP contribution is -1.97. The Morgan fingerprint density at radius 1 is 1.29 bits per heavy atom. The molecule has 0 saturated heterocycles. The molecule has 1 aromatic carbocycles. The predicted molar refractivity (Wildman–Crippen MR) is 65.5 cm³/mol. The zero-order valence-corrected chi connectivity index (χ0v) is 9.81. The smallest absolute Gasteiger partial charge is 0.181 e. The summed E-state index contributed by atoms with van der Waals surface area (Å²) < 4.78 is 5.50. The molecule has 2 rings (SSSR count). The average molecular weight is 232 g/mol. The number of nitrogens with one attached hydrogen (secondary N) is 1. The van der Waals surface area contributed by atoms with Crippen molar-refractivity contribution in [1.29, 1.82) is 0 Å². The highest BCUT2D eigenvalue weighted by molar-refractivity contribution is 5.55. The van der Waals surface area contributed by atoms with E-state index in [1.807, 2.05) is 24.3 Å². The van der Waals surface area contributed by atoms with Gasteiger partial charge in [-0.3, -0.25) is 5.10 Å². The van der Waals surface area contributed by atoms with Crippen LogP contribution in [0.2, 0.25) is 0 Å². The number of hydrogen-bond donors (Lipinski definition) is 2. The van der Waals surface area contributed by atoms with Crippen LogP contribution in [-0.4, -0.2) is 21.8 Å². The first kappa shape index (κ1) is 11.6. The van der Waals surface area contributed by atoms with E-state index in [0.717, 1.165) is 24.3 Å². The molecule has 0 fully saturated rings. The molecule has 0 bridgehead atoms. The van der Waals surface area contributed by atoms with Crippen molar-refractivity contribution in [2.75, 3.05) is 6.61 Å². The van der Waals surface area contributed by atoms with Crippen LogP contribution in [0.1, 0.15) is 19.2 Å². The number of H-pyrrole nitrogens is 1. The summed E-state index contributed by atoms with van der Waals surface area (Å²) in [7, 11) is 0. The monoisotopic (exact) mass is 232 g/mol. The van der Waals surface area contributed by atoms with Gasteiger partial charge in [0.05, 0.1) is 13.2 Å². The van der Waals surface area contributed by atoms with Crippen molar-refractivity contribution in [3.63, 3.8) is 0 Å². The highest BCUT2D eigenvalue weighted by Crippen LogP contribution is 2.19. The van der Waals surface area contributed by atoms with Gasteiger partial charge in [-0.15, -0.1) is 0 Å². The quantitative estimate of drug-likeness (QED) is 0.822. The van der Waals surface area contributed by atoms with E-state index in [4.69, 9.17) is 10.5 Å². The van der Waals surface area contributed by atoms with Crippen LogP contribution < -0.4 is 10.5 Å². The Hall–Kier alpha value is -1.88. The molecule has 1 heterocycles. The SMILES string of the molecule is CCCOc1ccc(-c2n[nH]c(CN)n2)cc1. The normalized spacial score (nSPS) is 10.5. The molecule has 5 heteroatoms. The largest absolute Gasteiger partial charge is 0.494 e. The molecule has 3 N–H and O–H groups in total. The third-order valence-corrected chi connectivity index (χ3v) is 2.31. The van der Waals surface area contributed by atoms with Gasteiger partial charge in [-0.05, 0) is 30.7 Å². The van der Waals surface area contributed by atoms with Gasteiger partial charge in [0.1, 0.15) is 11.6 Å². The lowest BCUT2D eigenvalue weighted by atomic mass is 10.2. The second-order valence-electron chi connectivity index (χ2n) is 3.68. The number of benzene rings is 1. The highest BCUT2D eigenvalue weighted by Gasteiger charge is 2.04. The summed E-state index contributed by atoms with van der Waals surface area (Å²) in [6, 6.07) is 7.72. The van der Waals surface area contributed by atoms with Gasteiger partial charge >= 0.3 is 0 Å². The van der Waals surface area contributed by atoms with Crippen LogP contribution >= 0.6 is 0 Å². The molecule has 0 saturated carbocycles. The molecule has 0 spiro atoms. The molecule has 1 aromatic heterocycles. The average Bonchev–Trinajstić information content (AvgIpc) is 2.86. The minimum Gasteiger partial charge on any atom is -0.494 e. The Morgan fingerprint density at radius 3 is 2.65 bits per heavy atom. The fourth-order valence-electron chi connectivity index (χ4n) is 1.44. The maximum absolute atomic E-state index is 5.50. The Morgan fingerprint density at radius 2 is 2.06 bits per heavy atom. The van der Waals surface area contributed by atoms with Crippen molar-refractivity contribution in [1.82, 2.24) is 15.2 Å². The van der Waals surface area contributed by atoms with Gasteiger partial charge in [-0.1, -0.05) is 6.92 Å². The van der Waals surface area contributed by atoms with E-state index in [-0.39, 0.29) is 0 Å². The van der Waals surface area contributed by atoms with Crippen LogP contribution in [0.15, 0.2) is 24.3 Å². The summed E-state index contributed by atoms with van der Waals surface area (Å²) in [5.74, 6) is 2.21. The fourth-order valence-corrected chi connectivity index (χ4v) is 1.44. The summed E-state index contributed by atoms with van der Waals surface area (Å²) in [5.41, 5.74) is 6.42. The Labute approximate surface area is 100 Å². The first-order chi connectivity index (χ1) is 8.33. The minimum absolute atomic E-state index is 0.366. The molecule has 2 aromatic rings. The molecule has 0 radical (unpaired) electrons. The zero-order chi connectivity index (χ0) is 12.1. The van der Waals surface area contributed by atoms with Gasteiger partial charge in [-0.25, -0.2) is 4.98 Å². The van der Waals surface area contributed by atoms with Crippen molar-refractivity contribution in [2.24, 2.45) is 5.73 Å². The van der Waals surface area contributed by atoms with Crippen molar-refractivity contribution in [3.8, 4) is 17.1 Å². The Bertz CT molecular complexity index is 464. The van der Waals surface area contributed by atoms with E-state index in [1.165, 1.54) is 0 Å². The maximum Gasteiger partial charge on any atom is 0.181 e. The summed E-state index contributed by atoms with van der Waals surface area (Å²) in [6.07, 6.45) is 1.00. The molecule has 0 amide bonds. The van der Waals surface area contributed by atoms with E-state index in [1.54, 1.807) is 0 Å². The van der Waals surface area contributed by atoms with Crippen LogP contribution in [0.5, 0.6) is 5.75 Å². The lowest BCUT2D eigenvalue weighted by molar-refractivity contribution is 0.317. The number of hydrogen-bond acceptors (Lipinski definition) is 4. The topological polar surface area (TPSA) is 76.8 Å². The number of rotatable bonds is 5. The summed E-state index contributed by atoms with van der Waals surface area (Å²) in [4.78, 5) is 4.26. The highest BCUT2D eigenvalue weighted by atomic mass is 16.5. The molecule has 0 atom stereocenters. The van der Waals surface area contributed by atoms with Crippen molar-refractivity contribution in [2.45, 2.75) is 19.9 Å². The molecule has 0 aliphatic rings. The minimum atomic E-state index is 0.366. The van der Waals surface area contributed by atoms with Crippen molar-refractivity contribution in [3.05, 3.63) is 30.1 Å². The van der Waals surface area contributed by atoms with Gasteiger partial charge in [0.2, 0.25) is 0 Å². The second kappa shape index (κ2) is 5.45. The van der Waals surface area contributed by atoms with E-state index >= 15 is 0 Å². The maximum atomic E-state index is 5.50. The molecule has 0 aliphatic carbocycles. The third kappa shape index (κ3) is 2.82. The predicted octanol–water partition coefficient (Wildman–Crippen LogP) is 1.72. The van der Waals surface area contributed by atoms with Gasteiger partial charge in [0, 0.05) is 5.56 Å². The second-order valence-corrected chi connectivity index (χ2v) is 3.68. The third-order valence-electron chi connectivity index (χ3n) is 2.31. The van der Waals surface area contributed by atoms with E-state index in [2.05, 4.69) is 22.1 Å². The summed E-state index contributed by atoms with van der Waals surface area (Å²) >= 11 is 0. The Kier molecular flexibility index (Phi) is 3.72. The molecular formula is C12H16N4O. The van der Waals surface area contributed by atoms with Crippen LogP contribution in [0.4, 0.5) is 0 Å². The van der Waals surface area contributed by atoms with Gasteiger partial charge in [-0.2, -0.15) is 5.10 Å². The summed E-state index contributed by atoms with van der Waals surface area (Å²) in [6.45, 7) is 3.18. The molecule has 17 heavy (non-hydrogen) atoms.